The fraction of sp³-hybridized carbons (Fsp3) is 1.00. The minimum Gasteiger partial charge on any atom is -0.389 e. The molecule has 0 aliphatic carbocycles. The Balaban J connectivity index is 2.56. The number of rotatable bonds is 6. The van der Waals surface area contributed by atoms with Crippen molar-refractivity contribution < 1.29 is 9.84 Å². The molecule has 0 aromatic carbocycles. The van der Waals surface area contributed by atoms with Gasteiger partial charge >= 0.3 is 0 Å². The van der Waals surface area contributed by atoms with Gasteiger partial charge in [0.2, 0.25) is 0 Å². The highest BCUT2D eigenvalue weighted by Crippen LogP contribution is 2.41. The van der Waals surface area contributed by atoms with Crippen LogP contribution in [0.5, 0.6) is 0 Å². The second-order valence-electron chi connectivity index (χ2n) is 5.02. The topological polar surface area (TPSA) is 55.5 Å². The van der Waals surface area contributed by atoms with Crippen molar-refractivity contribution in [2.24, 2.45) is 11.1 Å². The van der Waals surface area contributed by atoms with E-state index < -0.39 is 5.60 Å². The zero-order valence-corrected chi connectivity index (χ0v) is 10.1. The lowest BCUT2D eigenvalue weighted by atomic mass is 9.70. The van der Waals surface area contributed by atoms with Gasteiger partial charge in [-0.05, 0) is 19.8 Å². The highest BCUT2D eigenvalue weighted by Gasteiger charge is 2.48. The number of aliphatic hydroxyl groups is 1. The average Bonchev–Trinajstić information content (AvgIpc) is 2.67. The Morgan fingerprint density at radius 1 is 1.47 bits per heavy atom. The van der Waals surface area contributed by atoms with Crippen molar-refractivity contribution in [1.29, 1.82) is 0 Å². The molecule has 1 fully saturated rings. The standard InChI is InChI=1S/C12H25NO2/c1-3-4-5-6-11(2,14)12(9-13)7-8-15-10-12/h14H,3-10,13H2,1-2H3. The summed E-state index contributed by atoms with van der Waals surface area (Å²) in [5.41, 5.74) is 4.94. The van der Waals surface area contributed by atoms with Crippen LogP contribution in [0.2, 0.25) is 0 Å². The molecule has 3 N–H and O–H groups in total. The lowest BCUT2D eigenvalue weighted by molar-refractivity contribution is -0.0758. The van der Waals surface area contributed by atoms with E-state index in [1.54, 1.807) is 0 Å². The summed E-state index contributed by atoms with van der Waals surface area (Å²) in [6.07, 6.45) is 5.16. The van der Waals surface area contributed by atoms with Crippen molar-refractivity contribution in [1.82, 2.24) is 0 Å². The average molecular weight is 215 g/mol. The monoisotopic (exact) mass is 215 g/mol. The van der Waals surface area contributed by atoms with Crippen LogP contribution in [0, 0.1) is 5.41 Å². The predicted molar refractivity (Wildman–Crippen MR) is 61.7 cm³/mol. The molecular formula is C12H25NO2. The molecule has 90 valence electrons. The predicted octanol–water partition coefficient (Wildman–Crippen LogP) is 1.68. The fourth-order valence-corrected chi connectivity index (χ4v) is 2.40. The molecule has 3 heteroatoms. The third-order valence-electron chi connectivity index (χ3n) is 3.90. The zero-order valence-electron chi connectivity index (χ0n) is 10.1. The number of hydrogen-bond acceptors (Lipinski definition) is 3. The first-order chi connectivity index (χ1) is 7.08. The van der Waals surface area contributed by atoms with Crippen LogP contribution in [0.4, 0.5) is 0 Å². The van der Waals surface area contributed by atoms with Crippen LogP contribution in [-0.2, 0) is 4.74 Å². The molecule has 0 aromatic heterocycles. The summed E-state index contributed by atoms with van der Waals surface area (Å²) < 4.78 is 5.40. The van der Waals surface area contributed by atoms with Gasteiger partial charge in [0.15, 0.2) is 0 Å². The van der Waals surface area contributed by atoms with E-state index in [0.717, 1.165) is 25.9 Å². The summed E-state index contributed by atoms with van der Waals surface area (Å²) in [6.45, 7) is 5.96. The number of nitrogens with two attached hydrogens (primary N) is 1. The van der Waals surface area contributed by atoms with Crippen molar-refractivity contribution in [3.63, 3.8) is 0 Å². The van der Waals surface area contributed by atoms with Gasteiger partial charge in [-0.1, -0.05) is 26.2 Å². The maximum atomic E-state index is 10.5. The Labute approximate surface area is 93.0 Å². The summed E-state index contributed by atoms with van der Waals surface area (Å²) in [5, 5.41) is 10.5. The normalized spacial score (nSPS) is 30.4. The maximum absolute atomic E-state index is 10.5. The molecule has 1 saturated heterocycles. The third-order valence-corrected chi connectivity index (χ3v) is 3.90. The number of ether oxygens (including phenoxy) is 1. The van der Waals surface area contributed by atoms with Crippen molar-refractivity contribution in [3.05, 3.63) is 0 Å². The van der Waals surface area contributed by atoms with E-state index in [2.05, 4.69) is 6.92 Å². The Bertz CT molecular complexity index is 186. The summed E-state index contributed by atoms with van der Waals surface area (Å²) in [5.74, 6) is 0. The van der Waals surface area contributed by atoms with Gasteiger partial charge < -0.3 is 15.6 Å². The van der Waals surface area contributed by atoms with Gasteiger partial charge in [-0.3, -0.25) is 0 Å². The van der Waals surface area contributed by atoms with Crippen molar-refractivity contribution in [3.8, 4) is 0 Å². The van der Waals surface area contributed by atoms with Crippen LogP contribution in [0.1, 0.15) is 46.0 Å². The summed E-state index contributed by atoms with van der Waals surface area (Å²) in [4.78, 5) is 0. The SMILES string of the molecule is CCCCCC(C)(O)C1(CN)CCOC1. The maximum Gasteiger partial charge on any atom is 0.0710 e. The zero-order chi connectivity index (χ0) is 11.4. The minimum absolute atomic E-state index is 0.208. The van der Waals surface area contributed by atoms with Crippen molar-refractivity contribution in [2.75, 3.05) is 19.8 Å². The van der Waals surface area contributed by atoms with Gasteiger partial charge in [-0.15, -0.1) is 0 Å². The van der Waals surface area contributed by atoms with E-state index in [-0.39, 0.29) is 5.41 Å². The Kier molecular flexibility index (Phi) is 4.56. The molecule has 1 heterocycles. The minimum atomic E-state index is -0.673. The lowest BCUT2D eigenvalue weighted by Crippen LogP contribution is -2.51. The van der Waals surface area contributed by atoms with E-state index in [0.29, 0.717) is 13.2 Å². The van der Waals surface area contributed by atoms with E-state index >= 15 is 0 Å². The molecule has 0 radical (unpaired) electrons. The molecule has 0 aromatic rings. The van der Waals surface area contributed by atoms with E-state index in [1.165, 1.54) is 12.8 Å². The van der Waals surface area contributed by atoms with Gasteiger partial charge in [0.05, 0.1) is 12.2 Å². The summed E-state index contributed by atoms with van der Waals surface area (Å²) >= 11 is 0. The van der Waals surface area contributed by atoms with Crippen molar-refractivity contribution >= 4 is 0 Å². The van der Waals surface area contributed by atoms with Crippen LogP contribution in [0.25, 0.3) is 0 Å². The van der Waals surface area contributed by atoms with Crippen LogP contribution in [0.15, 0.2) is 0 Å². The molecule has 0 bridgehead atoms. The quantitative estimate of drug-likeness (QED) is 0.663. The highest BCUT2D eigenvalue weighted by atomic mass is 16.5. The second-order valence-corrected chi connectivity index (χ2v) is 5.02. The highest BCUT2D eigenvalue weighted by molar-refractivity contribution is 4.99. The molecule has 0 amide bonds. The molecule has 0 spiro atoms. The van der Waals surface area contributed by atoms with Crippen LogP contribution >= 0.6 is 0 Å². The Morgan fingerprint density at radius 3 is 2.67 bits per heavy atom. The molecule has 2 unspecified atom stereocenters. The molecule has 1 rings (SSSR count). The van der Waals surface area contributed by atoms with Crippen LogP contribution < -0.4 is 5.73 Å². The molecule has 0 saturated carbocycles. The summed E-state index contributed by atoms with van der Waals surface area (Å²) in [7, 11) is 0. The molecule has 15 heavy (non-hydrogen) atoms. The third kappa shape index (κ3) is 2.71. The van der Waals surface area contributed by atoms with Crippen LogP contribution in [0.3, 0.4) is 0 Å². The van der Waals surface area contributed by atoms with E-state index in [9.17, 15) is 5.11 Å². The molecule has 1 aliphatic heterocycles. The van der Waals surface area contributed by atoms with E-state index in [4.69, 9.17) is 10.5 Å². The van der Waals surface area contributed by atoms with Crippen molar-refractivity contribution in [2.45, 2.75) is 51.6 Å². The smallest absolute Gasteiger partial charge is 0.0710 e. The molecule has 1 aliphatic rings. The Morgan fingerprint density at radius 2 is 2.20 bits per heavy atom. The second kappa shape index (κ2) is 5.28. The van der Waals surface area contributed by atoms with Gasteiger partial charge in [-0.25, -0.2) is 0 Å². The first kappa shape index (κ1) is 12.9. The first-order valence-corrected chi connectivity index (χ1v) is 6.08. The van der Waals surface area contributed by atoms with E-state index in [1.807, 2.05) is 6.92 Å². The van der Waals surface area contributed by atoms with Crippen LogP contribution in [-0.4, -0.2) is 30.5 Å². The number of hydrogen-bond donors (Lipinski definition) is 2. The lowest BCUT2D eigenvalue weighted by Gasteiger charge is -2.41. The Hall–Kier alpha value is -0.120. The molecule has 3 nitrogen and oxygen atoms in total. The van der Waals surface area contributed by atoms with Gasteiger partial charge in [0.1, 0.15) is 0 Å². The first-order valence-electron chi connectivity index (χ1n) is 6.08. The number of unbranched alkanes of at least 4 members (excludes halogenated alkanes) is 2. The molecule has 2 atom stereocenters. The summed E-state index contributed by atoms with van der Waals surface area (Å²) in [6, 6.07) is 0. The van der Waals surface area contributed by atoms with Gasteiger partial charge in [0.25, 0.3) is 0 Å². The fourth-order valence-electron chi connectivity index (χ4n) is 2.40. The van der Waals surface area contributed by atoms with Gasteiger partial charge in [0, 0.05) is 18.6 Å². The molecular weight excluding hydrogens is 190 g/mol. The van der Waals surface area contributed by atoms with Gasteiger partial charge in [-0.2, -0.15) is 0 Å². The largest absolute Gasteiger partial charge is 0.389 e.